The molecule has 35 heavy (non-hydrogen) atoms. The van der Waals surface area contributed by atoms with Gasteiger partial charge in [-0.2, -0.15) is 0 Å². The molecule has 1 saturated carbocycles. The summed E-state index contributed by atoms with van der Waals surface area (Å²) >= 11 is 1.40. The minimum absolute atomic E-state index is 0.0433. The lowest BCUT2D eigenvalue weighted by Gasteiger charge is -2.34. The first-order valence-electron chi connectivity index (χ1n) is 12.5. The van der Waals surface area contributed by atoms with E-state index < -0.39 is 0 Å². The molecule has 1 aromatic heterocycles. The number of piperazine rings is 1. The Balaban J connectivity index is 1.04. The summed E-state index contributed by atoms with van der Waals surface area (Å²) in [6, 6.07) is 19.3. The first-order valence-corrected chi connectivity index (χ1v) is 13.5. The third kappa shape index (κ3) is 6.68. The van der Waals surface area contributed by atoms with Crippen molar-refractivity contribution in [2.45, 2.75) is 50.0 Å². The number of thioether (sulfide) groups is 1. The molecule has 1 saturated heterocycles. The zero-order chi connectivity index (χ0) is 23.9. The number of nitrogens with one attached hydrogen (secondary N) is 1. The molecule has 1 aliphatic carbocycles. The Morgan fingerprint density at radius 1 is 0.886 bits per heavy atom. The molecule has 2 aliphatic rings. The Kier molecular flexibility index (Phi) is 8.07. The highest BCUT2D eigenvalue weighted by molar-refractivity contribution is 7.99. The molecule has 5 rings (SSSR count). The Bertz CT molecular complexity index is 1070. The summed E-state index contributed by atoms with van der Waals surface area (Å²) in [5, 5.41) is 15.8. The molecule has 1 amide bonds. The lowest BCUT2D eigenvalue weighted by atomic mass is 10.1. The second-order valence-corrected chi connectivity index (χ2v) is 10.4. The molecule has 2 heterocycles. The van der Waals surface area contributed by atoms with Gasteiger partial charge in [0.1, 0.15) is 0 Å². The third-order valence-corrected chi connectivity index (χ3v) is 7.76. The smallest absolute Gasteiger partial charge is 0.234 e. The van der Waals surface area contributed by atoms with Crippen LogP contribution in [0, 0.1) is 0 Å². The summed E-state index contributed by atoms with van der Waals surface area (Å²) in [6.45, 7) is 6.28. The molecular weight excluding hydrogens is 458 g/mol. The summed E-state index contributed by atoms with van der Waals surface area (Å²) in [4.78, 5) is 17.5. The predicted octanol–water partition coefficient (Wildman–Crippen LogP) is 3.84. The number of anilines is 1. The zero-order valence-corrected chi connectivity index (χ0v) is 20.9. The summed E-state index contributed by atoms with van der Waals surface area (Å²) < 4.78 is 1.89. The Morgan fingerprint density at radius 2 is 1.51 bits per heavy atom. The number of carbonyl (C=O) groups excluding carboxylic acids is 1. The van der Waals surface area contributed by atoms with E-state index in [1.807, 2.05) is 16.8 Å². The van der Waals surface area contributed by atoms with Gasteiger partial charge in [-0.3, -0.25) is 14.6 Å². The molecule has 0 radical (unpaired) electrons. The number of aromatic nitrogens is 4. The number of rotatable bonds is 9. The van der Waals surface area contributed by atoms with Crippen molar-refractivity contribution in [3.05, 3.63) is 65.7 Å². The van der Waals surface area contributed by atoms with E-state index in [9.17, 15) is 4.79 Å². The SMILES string of the molecule is O=C(CSc1nnnn1C1CCCC1)Nc1ccc(CN2CCN(Cc3ccccc3)CC2)cc1. The van der Waals surface area contributed by atoms with Crippen LogP contribution in [0.4, 0.5) is 5.69 Å². The van der Waals surface area contributed by atoms with Gasteiger partial charge in [0.25, 0.3) is 0 Å². The van der Waals surface area contributed by atoms with Gasteiger partial charge in [-0.1, -0.05) is 67.1 Å². The number of nitrogens with zero attached hydrogens (tertiary/aromatic N) is 6. The molecule has 0 bridgehead atoms. The van der Waals surface area contributed by atoms with Crippen LogP contribution in [-0.4, -0.2) is 67.8 Å². The third-order valence-electron chi connectivity index (χ3n) is 6.82. The maximum atomic E-state index is 12.5. The zero-order valence-electron chi connectivity index (χ0n) is 20.1. The molecule has 9 heteroatoms. The molecule has 0 atom stereocenters. The van der Waals surface area contributed by atoms with Crippen molar-refractivity contribution in [3.63, 3.8) is 0 Å². The highest BCUT2D eigenvalue weighted by Gasteiger charge is 2.22. The number of amides is 1. The molecular formula is C26H33N7OS. The van der Waals surface area contributed by atoms with Crippen LogP contribution >= 0.6 is 11.8 Å². The Hall–Kier alpha value is -2.75. The van der Waals surface area contributed by atoms with Crippen LogP contribution in [0.25, 0.3) is 0 Å². The van der Waals surface area contributed by atoms with Gasteiger partial charge in [-0.15, -0.1) is 5.10 Å². The largest absolute Gasteiger partial charge is 0.325 e. The second kappa shape index (κ2) is 11.8. The topological polar surface area (TPSA) is 79.2 Å². The van der Waals surface area contributed by atoms with E-state index >= 15 is 0 Å². The van der Waals surface area contributed by atoms with E-state index in [1.54, 1.807) is 0 Å². The lowest BCUT2D eigenvalue weighted by Crippen LogP contribution is -2.45. The summed E-state index contributed by atoms with van der Waals surface area (Å²) in [5.41, 5.74) is 3.47. The van der Waals surface area contributed by atoms with Gasteiger partial charge in [0.05, 0.1) is 11.8 Å². The molecule has 8 nitrogen and oxygen atoms in total. The van der Waals surface area contributed by atoms with E-state index in [1.165, 1.54) is 35.7 Å². The lowest BCUT2D eigenvalue weighted by molar-refractivity contribution is -0.113. The van der Waals surface area contributed by atoms with Crippen LogP contribution in [0.2, 0.25) is 0 Å². The van der Waals surface area contributed by atoms with Gasteiger partial charge in [0.15, 0.2) is 0 Å². The van der Waals surface area contributed by atoms with Gasteiger partial charge in [0.2, 0.25) is 11.1 Å². The molecule has 0 unspecified atom stereocenters. The highest BCUT2D eigenvalue weighted by Crippen LogP contribution is 2.31. The molecule has 0 spiro atoms. The van der Waals surface area contributed by atoms with E-state index in [0.29, 0.717) is 11.8 Å². The number of tetrazole rings is 1. The van der Waals surface area contributed by atoms with Crippen LogP contribution in [-0.2, 0) is 17.9 Å². The normalized spacial score (nSPS) is 17.6. The summed E-state index contributed by atoms with van der Waals surface area (Å²) in [6.07, 6.45) is 4.66. The quantitative estimate of drug-likeness (QED) is 0.456. The highest BCUT2D eigenvalue weighted by atomic mass is 32.2. The van der Waals surface area contributed by atoms with Crippen LogP contribution in [0.3, 0.4) is 0 Å². The van der Waals surface area contributed by atoms with Gasteiger partial charge >= 0.3 is 0 Å². The van der Waals surface area contributed by atoms with Gasteiger partial charge in [-0.25, -0.2) is 4.68 Å². The van der Waals surface area contributed by atoms with Crippen LogP contribution in [0.1, 0.15) is 42.9 Å². The van der Waals surface area contributed by atoms with Crippen molar-refractivity contribution in [1.82, 2.24) is 30.0 Å². The standard InChI is InChI=1S/C26H33N7OS/c34-25(20-35-26-28-29-30-33(26)24-8-4-5-9-24)27-23-12-10-22(11-13-23)19-32-16-14-31(15-17-32)18-21-6-2-1-3-7-21/h1-3,6-7,10-13,24H,4-5,8-9,14-20H2,(H,27,34). The van der Waals surface area contributed by atoms with Crippen molar-refractivity contribution in [3.8, 4) is 0 Å². The van der Waals surface area contributed by atoms with Gasteiger partial charge in [0, 0.05) is 45.0 Å². The maximum Gasteiger partial charge on any atom is 0.234 e. The molecule has 1 aliphatic heterocycles. The monoisotopic (exact) mass is 491 g/mol. The molecule has 1 N–H and O–H groups in total. The van der Waals surface area contributed by atoms with E-state index in [-0.39, 0.29) is 5.91 Å². The predicted molar refractivity (Wildman–Crippen MR) is 138 cm³/mol. The van der Waals surface area contributed by atoms with E-state index in [4.69, 9.17) is 0 Å². The molecule has 184 valence electrons. The van der Waals surface area contributed by atoms with Crippen LogP contribution in [0.15, 0.2) is 59.8 Å². The summed E-state index contributed by atoms with van der Waals surface area (Å²) in [5.74, 6) is 0.250. The average molecular weight is 492 g/mol. The van der Waals surface area contributed by atoms with Crippen LogP contribution < -0.4 is 5.32 Å². The Labute approximate surface area is 211 Å². The van der Waals surface area contributed by atoms with Gasteiger partial charge < -0.3 is 5.32 Å². The first kappa shape index (κ1) is 24.0. The fraction of sp³-hybridized carbons (Fsp3) is 0.462. The minimum atomic E-state index is -0.0433. The van der Waals surface area contributed by atoms with Crippen molar-refractivity contribution in [1.29, 1.82) is 0 Å². The van der Waals surface area contributed by atoms with Crippen molar-refractivity contribution in [2.75, 3.05) is 37.2 Å². The number of hydrogen-bond donors (Lipinski definition) is 1. The van der Waals surface area contributed by atoms with Crippen LogP contribution in [0.5, 0.6) is 0 Å². The van der Waals surface area contributed by atoms with Crippen molar-refractivity contribution < 1.29 is 4.79 Å². The maximum absolute atomic E-state index is 12.5. The van der Waals surface area contributed by atoms with E-state index in [0.717, 1.165) is 63.0 Å². The minimum Gasteiger partial charge on any atom is -0.325 e. The Morgan fingerprint density at radius 3 is 2.17 bits per heavy atom. The second-order valence-electron chi connectivity index (χ2n) is 9.42. The summed E-state index contributed by atoms with van der Waals surface area (Å²) in [7, 11) is 0. The van der Waals surface area contributed by atoms with Crippen molar-refractivity contribution in [2.24, 2.45) is 0 Å². The van der Waals surface area contributed by atoms with Crippen molar-refractivity contribution >= 4 is 23.4 Å². The fourth-order valence-electron chi connectivity index (χ4n) is 4.88. The number of benzene rings is 2. The average Bonchev–Trinajstić information content (AvgIpc) is 3.58. The first-order chi connectivity index (χ1) is 17.2. The fourth-order valence-corrected chi connectivity index (χ4v) is 5.63. The van der Waals surface area contributed by atoms with E-state index in [2.05, 4.69) is 73.1 Å². The molecule has 2 aromatic carbocycles. The number of carbonyl (C=O) groups is 1. The van der Waals surface area contributed by atoms with Gasteiger partial charge in [-0.05, 0) is 46.5 Å². The molecule has 2 fully saturated rings. The molecule has 3 aromatic rings. The number of hydrogen-bond acceptors (Lipinski definition) is 7.